The van der Waals surface area contributed by atoms with Gasteiger partial charge in [-0.05, 0) is 0 Å². The lowest BCUT2D eigenvalue weighted by Crippen LogP contribution is -2.14. The molecule has 2 heterocycles. The Hall–Kier alpha value is -1.07. The first-order chi connectivity index (χ1) is 5.84. The Morgan fingerprint density at radius 1 is 1.33 bits per heavy atom. The number of carbonyl (C=O) groups is 1. The minimum Gasteiger partial charge on any atom is -0.365 e. The fraction of sp³-hybridized carbons (Fsp3) is 0.500. The fourth-order valence-corrected chi connectivity index (χ4v) is 1.43. The van der Waals surface area contributed by atoms with E-state index in [9.17, 15) is 4.79 Å². The number of hydrogen-bond acceptors (Lipinski definition) is 2. The average Bonchev–Trinajstić information content (AvgIpc) is 2.49. The zero-order valence-corrected chi connectivity index (χ0v) is 6.75. The lowest BCUT2D eigenvalue weighted by Gasteiger charge is -2.09. The summed E-state index contributed by atoms with van der Waals surface area (Å²) in [4.78, 5) is 11.2. The van der Waals surface area contributed by atoms with Crippen LogP contribution in [0.2, 0.25) is 0 Å². The third-order valence-corrected chi connectivity index (χ3v) is 2.03. The van der Waals surface area contributed by atoms with Crippen molar-refractivity contribution < 1.29 is 9.53 Å². The maximum atomic E-state index is 11.2. The summed E-state index contributed by atoms with van der Waals surface area (Å²) in [5.74, 6) is 5.97. The summed E-state index contributed by atoms with van der Waals surface area (Å²) in [6, 6.07) is 0. The van der Waals surface area contributed by atoms with Crippen LogP contribution in [-0.2, 0) is 9.53 Å². The van der Waals surface area contributed by atoms with Crippen molar-refractivity contribution in [1.29, 1.82) is 0 Å². The zero-order chi connectivity index (χ0) is 8.39. The second kappa shape index (κ2) is 3.12. The van der Waals surface area contributed by atoms with Crippen LogP contribution in [0.15, 0.2) is 12.2 Å². The standard InChI is InChI=1S/C10H10O2/c11-8-3-1-2-4-9-5-6-10(7-8)12-9/h5-6,9-10H,3-4,7H2/t9-,10-/m1/s1. The first kappa shape index (κ1) is 7.57. The van der Waals surface area contributed by atoms with Crippen LogP contribution in [0.3, 0.4) is 0 Å². The van der Waals surface area contributed by atoms with Crippen molar-refractivity contribution in [3.05, 3.63) is 12.2 Å². The summed E-state index contributed by atoms with van der Waals surface area (Å²) in [7, 11) is 0. The number of fused-ring (bicyclic) bond motifs is 2. The van der Waals surface area contributed by atoms with Crippen molar-refractivity contribution in [2.75, 3.05) is 0 Å². The molecule has 62 valence electrons. The maximum absolute atomic E-state index is 11.2. The molecule has 0 aromatic carbocycles. The van der Waals surface area contributed by atoms with Gasteiger partial charge >= 0.3 is 0 Å². The van der Waals surface area contributed by atoms with Crippen LogP contribution in [0, 0.1) is 11.8 Å². The van der Waals surface area contributed by atoms with Gasteiger partial charge in [0, 0.05) is 12.8 Å². The number of ketones is 1. The Labute approximate surface area is 71.6 Å². The van der Waals surface area contributed by atoms with Crippen LogP contribution in [-0.4, -0.2) is 18.0 Å². The highest BCUT2D eigenvalue weighted by Gasteiger charge is 2.21. The minimum atomic E-state index is 0.00389. The summed E-state index contributed by atoms with van der Waals surface area (Å²) >= 11 is 0. The SMILES string of the molecule is O=C1CC#CC[C@@H]2C=C[C@H](C1)O2. The molecular formula is C10H10O2. The fourth-order valence-electron chi connectivity index (χ4n) is 1.43. The molecule has 2 aliphatic rings. The molecule has 2 bridgehead atoms. The molecule has 0 unspecified atom stereocenters. The Kier molecular flexibility index (Phi) is 1.97. The van der Waals surface area contributed by atoms with Crippen LogP contribution >= 0.6 is 0 Å². The number of rotatable bonds is 0. The summed E-state index contributed by atoms with van der Waals surface area (Å²) in [5, 5.41) is 0. The Bertz CT molecular complexity index is 280. The van der Waals surface area contributed by atoms with E-state index in [0.29, 0.717) is 12.8 Å². The van der Waals surface area contributed by atoms with Crippen molar-refractivity contribution in [3.63, 3.8) is 0 Å². The molecule has 0 aromatic heterocycles. The predicted molar refractivity (Wildman–Crippen MR) is 44.4 cm³/mol. The molecule has 12 heavy (non-hydrogen) atoms. The molecule has 0 N–H and O–H groups in total. The van der Waals surface area contributed by atoms with Crippen LogP contribution in [0.25, 0.3) is 0 Å². The van der Waals surface area contributed by atoms with Gasteiger partial charge in [0.15, 0.2) is 0 Å². The molecule has 0 aliphatic carbocycles. The molecular weight excluding hydrogens is 152 g/mol. The summed E-state index contributed by atoms with van der Waals surface area (Å²) in [6.45, 7) is 0. The highest BCUT2D eigenvalue weighted by molar-refractivity contribution is 5.81. The van der Waals surface area contributed by atoms with Gasteiger partial charge in [-0.1, -0.05) is 24.0 Å². The first-order valence-corrected chi connectivity index (χ1v) is 4.16. The maximum Gasteiger partial charge on any atom is 0.147 e. The molecule has 0 amide bonds. The molecule has 2 atom stereocenters. The zero-order valence-electron chi connectivity index (χ0n) is 6.75. The molecule has 0 aromatic rings. The summed E-state index contributed by atoms with van der Waals surface area (Å²) in [6.07, 6.45) is 5.69. The molecule has 2 heteroatoms. The van der Waals surface area contributed by atoms with Gasteiger partial charge in [-0.25, -0.2) is 0 Å². The Balaban J connectivity index is 2.13. The van der Waals surface area contributed by atoms with E-state index < -0.39 is 0 Å². The molecule has 2 nitrogen and oxygen atoms in total. The van der Waals surface area contributed by atoms with Gasteiger partial charge < -0.3 is 4.74 Å². The van der Waals surface area contributed by atoms with Gasteiger partial charge in [0.2, 0.25) is 0 Å². The van der Waals surface area contributed by atoms with E-state index in [1.807, 2.05) is 12.2 Å². The molecule has 0 saturated carbocycles. The van der Waals surface area contributed by atoms with E-state index in [4.69, 9.17) is 4.74 Å². The van der Waals surface area contributed by atoms with E-state index in [1.54, 1.807) is 0 Å². The van der Waals surface area contributed by atoms with E-state index in [2.05, 4.69) is 11.8 Å². The van der Waals surface area contributed by atoms with Gasteiger partial charge in [0.1, 0.15) is 5.78 Å². The van der Waals surface area contributed by atoms with E-state index in [0.717, 1.165) is 6.42 Å². The van der Waals surface area contributed by atoms with Crippen molar-refractivity contribution >= 4 is 5.78 Å². The van der Waals surface area contributed by atoms with Crippen LogP contribution in [0.5, 0.6) is 0 Å². The van der Waals surface area contributed by atoms with Crippen molar-refractivity contribution in [2.24, 2.45) is 0 Å². The molecule has 2 rings (SSSR count). The summed E-state index contributed by atoms with van der Waals surface area (Å²) < 4.78 is 5.52. The molecule has 0 radical (unpaired) electrons. The highest BCUT2D eigenvalue weighted by Crippen LogP contribution is 2.18. The Morgan fingerprint density at radius 3 is 3.08 bits per heavy atom. The minimum absolute atomic E-state index is 0.00389. The number of hydrogen-bond donors (Lipinski definition) is 0. The molecule has 0 spiro atoms. The quantitative estimate of drug-likeness (QED) is 0.393. The lowest BCUT2D eigenvalue weighted by atomic mass is 10.1. The second-order valence-corrected chi connectivity index (χ2v) is 3.08. The van der Waals surface area contributed by atoms with E-state index >= 15 is 0 Å². The molecule has 2 aliphatic heterocycles. The second-order valence-electron chi connectivity index (χ2n) is 3.08. The monoisotopic (exact) mass is 162 g/mol. The average molecular weight is 162 g/mol. The van der Waals surface area contributed by atoms with E-state index in [1.165, 1.54) is 0 Å². The van der Waals surface area contributed by atoms with Crippen molar-refractivity contribution in [2.45, 2.75) is 31.5 Å². The first-order valence-electron chi connectivity index (χ1n) is 4.16. The van der Waals surface area contributed by atoms with Crippen molar-refractivity contribution in [1.82, 2.24) is 0 Å². The third-order valence-electron chi connectivity index (χ3n) is 2.03. The van der Waals surface area contributed by atoms with Gasteiger partial charge in [-0.15, -0.1) is 0 Å². The van der Waals surface area contributed by atoms with Gasteiger partial charge in [0.05, 0.1) is 18.6 Å². The highest BCUT2D eigenvalue weighted by atomic mass is 16.5. The largest absolute Gasteiger partial charge is 0.365 e. The lowest BCUT2D eigenvalue weighted by molar-refractivity contribution is -0.120. The number of carbonyl (C=O) groups excluding carboxylic acids is 1. The van der Waals surface area contributed by atoms with Gasteiger partial charge in [0.25, 0.3) is 0 Å². The van der Waals surface area contributed by atoms with Gasteiger partial charge in [-0.2, -0.15) is 0 Å². The summed E-state index contributed by atoms with van der Waals surface area (Å²) in [5.41, 5.74) is 0. The normalized spacial score (nSPS) is 33.2. The Morgan fingerprint density at radius 2 is 2.17 bits per heavy atom. The number of ether oxygens (including phenoxy) is 1. The smallest absolute Gasteiger partial charge is 0.147 e. The van der Waals surface area contributed by atoms with Crippen molar-refractivity contribution in [3.8, 4) is 11.8 Å². The predicted octanol–water partition coefficient (Wildman–Crippen LogP) is 1.07. The third kappa shape index (κ3) is 1.57. The van der Waals surface area contributed by atoms with Gasteiger partial charge in [-0.3, -0.25) is 4.79 Å². The van der Waals surface area contributed by atoms with E-state index in [-0.39, 0.29) is 18.0 Å². The topological polar surface area (TPSA) is 26.3 Å². The van der Waals surface area contributed by atoms with Crippen LogP contribution in [0.4, 0.5) is 0 Å². The number of Topliss-reactive ketones (excluding diaryl/α,β-unsaturated/α-hetero) is 1. The van der Waals surface area contributed by atoms with Crippen LogP contribution < -0.4 is 0 Å². The molecule has 0 fully saturated rings. The van der Waals surface area contributed by atoms with Crippen LogP contribution in [0.1, 0.15) is 19.3 Å². The molecule has 0 saturated heterocycles.